The maximum atomic E-state index is 11.9. The van der Waals surface area contributed by atoms with Gasteiger partial charge in [0.05, 0.1) is 11.0 Å². The van der Waals surface area contributed by atoms with Crippen molar-refractivity contribution < 1.29 is 19.2 Å². The molecule has 1 aromatic heterocycles. The van der Waals surface area contributed by atoms with E-state index in [1.807, 2.05) is 0 Å². The van der Waals surface area contributed by atoms with Gasteiger partial charge in [-0.05, 0) is 11.6 Å². The minimum absolute atomic E-state index is 0.00744. The number of amides is 1. The minimum atomic E-state index is -0.652. The number of aromatic nitrogens is 2. The molecule has 0 bridgehead atoms. The topological polar surface area (TPSA) is 116 Å². The number of rotatable bonds is 3. The van der Waals surface area contributed by atoms with Gasteiger partial charge in [0, 0.05) is 6.07 Å². The van der Waals surface area contributed by atoms with E-state index in [1.54, 1.807) is 0 Å². The number of nitrogens with one attached hydrogen (secondary N) is 1. The fourth-order valence-electron chi connectivity index (χ4n) is 1.66. The van der Waals surface area contributed by atoms with Crippen LogP contribution in [0.4, 0.5) is 11.4 Å². The Labute approximate surface area is 125 Å². The maximum Gasteiger partial charge on any atom is 0.296 e. The van der Waals surface area contributed by atoms with E-state index in [0.29, 0.717) is 5.75 Å². The third-order valence-corrected chi connectivity index (χ3v) is 3.55. The highest BCUT2D eigenvalue weighted by Gasteiger charge is 2.25. The smallest absolute Gasteiger partial charge is 0.296 e. The van der Waals surface area contributed by atoms with Gasteiger partial charge < -0.3 is 14.8 Å². The van der Waals surface area contributed by atoms with Gasteiger partial charge in [-0.3, -0.25) is 14.9 Å². The lowest BCUT2D eigenvalue weighted by molar-refractivity contribution is -0.384. The molecular weight excluding hydrogens is 324 g/mol. The molecule has 1 N–H and O–H groups in total. The van der Waals surface area contributed by atoms with Crippen LogP contribution in [0.15, 0.2) is 12.1 Å². The van der Waals surface area contributed by atoms with Crippen LogP contribution < -0.4 is 14.8 Å². The lowest BCUT2D eigenvalue weighted by Gasteiger charge is -2.05. The molecule has 108 valence electrons. The first-order chi connectivity index (χ1) is 10.0. The summed E-state index contributed by atoms with van der Waals surface area (Å²) >= 11 is 6.45. The van der Waals surface area contributed by atoms with Crippen LogP contribution in [0, 0.1) is 10.1 Å². The van der Waals surface area contributed by atoms with Gasteiger partial charge >= 0.3 is 0 Å². The van der Waals surface area contributed by atoms with Gasteiger partial charge in [0.25, 0.3) is 11.6 Å². The molecule has 1 amide bonds. The van der Waals surface area contributed by atoms with E-state index in [9.17, 15) is 14.9 Å². The Kier molecular flexibility index (Phi) is 3.31. The fourth-order valence-corrected chi connectivity index (χ4v) is 2.38. The molecule has 21 heavy (non-hydrogen) atoms. The van der Waals surface area contributed by atoms with Gasteiger partial charge in [0.2, 0.25) is 16.3 Å². The van der Waals surface area contributed by atoms with E-state index < -0.39 is 10.8 Å². The molecule has 0 spiro atoms. The SMILES string of the molecule is O=C(Nc1cc2c(cc1[N+](=O)[O-])OCO2)c1nnc(Cl)s1. The number of carbonyl (C=O) groups excluding carboxylic acids is 1. The van der Waals surface area contributed by atoms with E-state index in [0.717, 1.165) is 11.3 Å². The quantitative estimate of drug-likeness (QED) is 0.677. The Hall–Kier alpha value is -2.46. The molecule has 0 fully saturated rings. The lowest BCUT2D eigenvalue weighted by atomic mass is 10.2. The zero-order valence-corrected chi connectivity index (χ0v) is 11.6. The molecule has 0 saturated heterocycles. The van der Waals surface area contributed by atoms with Gasteiger partial charge in [0.15, 0.2) is 11.5 Å². The number of nitrogens with zero attached hydrogens (tertiary/aromatic N) is 3. The Bertz CT molecular complexity index is 749. The summed E-state index contributed by atoms with van der Waals surface area (Å²) in [6, 6.07) is 2.51. The average Bonchev–Trinajstić information content (AvgIpc) is 3.05. The Morgan fingerprint density at radius 1 is 1.38 bits per heavy atom. The lowest BCUT2D eigenvalue weighted by Crippen LogP contribution is -2.13. The standard InChI is InChI=1S/C10H5ClN4O5S/c11-10-14-13-9(21-10)8(16)12-4-1-6-7(20-3-19-6)2-5(4)15(17)18/h1-2H,3H2,(H,12,16). The summed E-state index contributed by atoms with van der Waals surface area (Å²) in [5, 5.41) is 20.5. The van der Waals surface area contributed by atoms with Gasteiger partial charge in [-0.25, -0.2) is 0 Å². The molecular formula is C10H5ClN4O5S. The summed E-state index contributed by atoms with van der Waals surface area (Å²) in [5.74, 6) is -0.0915. The van der Waals surface area contributed by atoms with Gasteiger partial charge in [-0.2, -0.15) is 0 Å². The summed E-state index contributed by atoms with van der Waals surface area (Å²) in [6.07, 6.45) is 0. The van der Waals surface area contributed by atoms with Crippen LogP contribution in [-0.4, -0.2) is 27.8 Å². The highest BCUT2D eigenvalue weighted by molar-refractivity contribution is 7.17. The van der Waals surface area contributed by atoms with Crippen molar-refractivity contribution in [1.82, 2.24) is 10.2 Å². The summed E-state index contributed by atoms with van der Waals surface area (Å²) in [7, 11) is 0. The van der Waals surface area contributed by atoms with E-state index in [4.69, 9.17) is 21.1 Å². The summed E-state index contributed by atoms with van der Waals surface area (Å²) < 4.78 is 10.3. The van der Waals surface area contributed by atoms with Crippen molar-refractivity contribution in [1.29, 1.82) is 0 Å². The molecule has 3 rings (SSSR count). The first kappa shape index (κ1) is 13.5. The number of hydrogen-bond donors (Lipinski definition) is 1. The average molecular weight is 329 g/mol. The molecule has 2 aromatic rings. The van der Waals surface area contributed by atoms with Crippen LogP contribution in [0.25, 0.3) is 0 Å². The molecule has 0 saturated carbocycles. The Balaban J connectivity index is 1.94. The van der Waals surface area contributed by atoms with Crippen molar-refractivity contribution in [2.45, 2.75) is 0 Å². The number of anilines is 1. The molecule has 0 atom stereocenters. The van der Waals surface area contributed by atoms with E-state index in [-0.39, 0.29) is 33.4 Å². The highest BCUT2D eigenvalue weighted by Crippen LogP contribution is 2.40. The second-order valence-electron chi connectivity index (χ2n) is 3.79. The van der Waals surface area contributed by atoms with Gasteiger partial charge in [-0.1, -0.05) is 11.3 Å². The van der Waals surface area contributed by atoms with Crippen molar-refractivity contribution >= 4 is 40.2 Å². The molecule has 0 unspecified atom stereocenters. The number of hydrogen-bond acceptors (Lipinski definition) is 8. The molecule has 11 heteroatoms. The second-order valence-corrected chi connectivity index (χ2v) is 5.35. The first-order valence-corrected chi connectivity index (χ1v) is 6.62. The van der Waals surface area contributed by atoms with Crippen molar-refractivity contribution in [3.63, 3.8) is 0 Å². The molecule has 9 nitrogen and oxygen atoms in total. The predicted molar refractivity (Wildman–Crippen MR) is 72.1 cm³/mol. The van der Waals surface area contributed by atoms with E-state index in [1.165, 1.54) is 12.1 Å². The number of nitro benzene ring substituents is 1. The summed E-state index contributed by atoms with van der Waals surface area (Å²) in [5.41, 5.74) is -0.344. The van der Waals surface area contributed by atoms with Crippen molar-refractivity contribution in [3.8, 4) is 11.5 Å². The van der Waals surface area contributed by atoms with Crippen LogP contribution in [0.3, 0.4) is 0 Å². The van der Waals surface area contributed by atoms with E-state index >= 15 is 0 Å². The largest absolute Gasteiger partial charge is 0.454 e. The Morgan fingerprint density at radius 2 is 2.10 bits per heavy atom. The number of nitro groups is 1. The monoisotopic (exact) mass is 328 g/mol. The zero-order chi connectivity index (χ0) is 15.0. The van der Waals surface area contributed by atoms with Crippen molar-refractivity contribution in [2.75, 3.05) is 12.1 Å². The van der Waals surface area contributed by atoms with Crippen LogP contribution in [0.5, 0.6) is 11.5 Å². The molecule has 1 aliphatic rings. The van der Waals surface area contributed by atoms with Crippen molar-refractivity contribution in [2.24, 2.45) is 0 Å². The second kappa shape index (κ2) is 5.14. The number of ether oxygens (including phenoxy) is 2. The Morgan fingerprint density at radius 3 is 2.71 bits per heavy atom. The van der Waals surface area contributed by atoms with Gasteiger partial charge in [0.1, 0.15) is 5.69 Å². The minimum Gasteiger partial charge on any atom is -0.454 e. The first-order valence-electron chi connectivity index (χ1n) is 5.43. The van der Waals surface area contributed by atoms with Crippen LogP contribution >= 0.6 is 22.9 Å². The predicted octanol–water partition coefficient (Wildman–Crippen LogP) is 2.08. The molecule has 0 aliphatic carbocycles. The maximum absolute atomic E-state index is 11.9. The highest BCUT2D eigenvalue weighted by atomic mass is 35.5. The number of carbonyl (C=O) groups is 1. The number of fused-ring (bicyclic) bond motifs is 1. The summed E-state index contributed by atoms with van der Waals surface area (Å²) in [4.78, 5) is 22.4. The fraction of sp³-hybridized carbons (Fsp3) is 0.100. The van der Waals surface area contributed by atoms with Gasteiger partial charge in [-0.15, -0.1) is 10.2 Å². The molecule has 2 heterocycles. The number of halogens is 1. The molecule has 1 aromatic carbocycles. The summed E-state index contributed by atoms with van der Waals surface area (Å²) in [6.45, 7) is -0.0318. The van der Waals surface area contributed by atoms with Crippen LogP contribution in [0.2, 0.25) is 4.47 Å². The third kappa shape index (κ3) is 2.58. The molecule has 1 aliphatic heterocycles. The third-order valence-electron chi connectivity index (χ3n) is 2.53. The van der Waals surface area contributed by atoms with Crippen molar-refractivity contribution in [3.05, 3.63) is 31.7 Å². The van der Waals surface area contributed by atoms with E-state index in [2.05, 4.69) is 15.5 Å². The zero-order valence-electron chi connectivity index (χ0n) is 10.0. The van der Waals surface area contributed by atoms with Crippen LogP contribution in [0.1, 0.15) is 9.80 Å². The number of benzene rings is 1. The van der Waals surface area contributed by atoms with Crippen LogP contribution in [-0.2, 0) is 0 Å². The molecule has 0 radical (unpaired) electrons. The normalized spacial score (nSPS) is 12.2.